The number of nitrogens with zero attached hydrogens (tertiary/aromatic N) is 3. The molecule has 0 aliphatic rings. The number of fused-ring (bicyclic) bond motifs is 1. The monoisotopic (exact) mass is 186 g/mol. The number of allylic oxidation sites excluding steroid dienone is 1. The lowest BCUT2D eigenvalue weighted by atomic mass is 10.3. The van der Waals surface area contributed by atoms with E-state index in [0.717, 1.165) is 5.56 Å². The van der Waals surface area contributed by atoms with Gasteiger partial charge in [-0.05, 0) is 17.7 Å². The summed E-state index contributed by atoms with van der Waals surface area (Å²) in [5, 5.41) is 12.2. The van der Waals surface area contributed by atoms with Crippen LogP contribution in [-0.2, 0) is 0 Å². The van der Waals surface area contributed by atoms with Crippen LogP contribution in [0.3, 0.4) is 0 Å². The molecular weight excluding hydrogens is 180 g/mol. The van der Waals surface area contributed by atoms with Crippen LogP contribution < -0.4 is 5.56 Å². The van der Waals surface area contributed by atoms with E-state index < -0.39 is 0 Å². The fourth-order valence-corrected chi connectivity index (χ4v) is 1.19. The fraction of sp³-hybridized carbons (Fsp3) is 0. The number of H-pyrrole nitrogens is 1. The van der Waals surface area contributed by atoms with Gasteiger partial charge in [0.1, 0.15) is 11.8 Å². The average Bonchev–Trinajstić information content (AvgIpc) is 2.59. The number of aromatic amines is 1. The molecule has 5 nitrogen and oxygen atoms in total. The summed E-state index contributed by atoms with van der Waals surface area (Å²) in [4.78, 5) is 13.7. The number of aromatic nitrogens is 3. The number of rotatable bonds is 1. The Morgan fingerprint density at radius 2 is 2.50 bits per heavy atom. The van der Waals surface area contributed by atoms with Crippen LogP contribution in [-0.4, -0.2) is 14.6 Å². The highest BCUT2D eigenvalue weighted by Crippen LogP contribution is 2.05. The lowest BCUT2D eigenvalue weighted by Gasteiger charge is -1.87. The van der Waals surface area contributed by atoms with Gasteiger partial charge in [0.2, 0.25) is 0 Å². The van der Waals surface area contributed by atoms with E-state index in [1.54, 1.807) is 18.3 Å². The first-order chi connectivity index (χ1) is 6.81. The first-order valence-corrected chi connectivity index (χ1v) is 3.93. The molecule has 0 fully saturated rings. The second kappa shape index (κ2) is 3.18. The van der Waals surface area contributed by atoms with Crippen molar-refractivity contribution in [3.8, 4) is 6.07 Å². The first kappa shape index (κ1) is 8.26. The maximum absolute atomic E-state index is 11.3. The standard InChI is InChI=1S/C9H6N4O/c10-3-1-2-7-4-8-9(14)11-6-12-13(8)5-7/h1-2,4-6H,(H,11,12,14). The molecule has 0 saturated heterocycles. The maximum atomic E-state index is 11.3. The van der Waals surface area contributed by atoms with Gasteiger partial charge in [0.25, 0.3) is 5.56 Å². The van der Waals surface area contributed by atoms with Gasteiger partial charge in [0.15, 0.2) is 0 Å². The van der Waals surface area contributed by atoms with Crippen molar-refractivity contribution in [3.05, 3.63) is 40.6 Å². The Labute approximate surface area is 78.9 Å². The molecule has 0 aliphatic heterocycles. The van der Waals surface area contributed by atoms with Gasteiger partial charge in [-0.25, -0.2) is 4.52 Å². The van der Waals surface area contributed by atoms with Crippen LogP contribution in [0.4, 0.5) is 0 Å². The summed E-state index contributed by atoms with van der Waals surface area (Å²) < 4.78 is 1.47. The van der Waals surface area contributed by atoms with Gasteiger partial charge in [0.05, 0.1) is 6.07 Å². The molecule has 2 aromatic heterocycles. The highest BCUT2D eigenvalue weighted by molar-refractivity contribution is 5.59. The number of hydrogen-bond donors (Lipinski definition) is 1. The Morgan fingerprint density at radius 3 is 3.21 bits per heavy atom. The second-order valence-electron chi connectivity index (χ2n) is 2.68. The summed E-state index contributed by atoms with van der Waals surface area (Å²) >= 11 is 0. The predicted octanol–water partition coefficient (Wildman–Crippen LogP) is 0.559. The van der Waals surface area contributed by atoms with Crippen LogP contribution in [0, 0.1) is 11.3 Å². The lowest BCUT2D eigenvalue weighted by molar-refractivity contribution is 0.888. The molecule has 0 spiro atoms. The highest BCUT2D eigenvalue weighted by atomic mass is 16.1. The highest BCUT2D eigenvalue weighted by Gasteiger charge is 2.00. The van der Waals surface area contributed by atoms with Crippen LogP contribution >= 0.6 is 0 Å². The minimum absolute atomic E-state index is 0.198. The van der Waals surface area contributed by atoms with Crippen LogP contribution in [0.25, 0.3) is 11.6 Å². The molecule has 14 heavy (non-hydrogen) atoms. The minimum Gasteiger partial charge on any atom is -0.310 e. The number of hydrogen-bond acceptors (Lipinski definition) is 3. The van der Waals surface area contributed by atoms with Gasteiger partial charge in [-0.15, -0.1) is 0 Å². The molecule has 1 N–H and O–H groups in total. The van der Waals surface area contributed by atoms with E-state index in [2.05, 4.69) is 10.1 Å². The van der Waals surface area contributed by atoms with E-state index in [1.807, 2.05) is 6.07 Å². The van der Waals surface area contributed by atoms with Crippen molar-refractivity contribution in [2.75, 3.05) is 0 Å². The Bertz CT molecular complexity index is 585. The van der Waals surface area contributed by atoms with Gasteiger partial charge >= 0.3 is 0 Å². The first-order valence-electron chi connectivity index (χ1n) is 3.93. The van der Waals surface area contributed by atoms with Crippen LogP contribution in [0.2, 0.25) is 0 Å². The minimum atomic E-state index is -0.198. The Hall–Kier alpha value is -2.35. The van der Waals surface area contributed by atoms with Crippen molar-refractivity contribution in [2.24, 2.45) is 0 Å². The van der Waals surface area contributed by atoms with E-state index in [-0.39, 0.29) is 5.56 Å². The second-order valence-corrected chi connectivity index (χ2v) is 2.68. The van der Waals surface area contributed by atoms with Crippen molar-refractivity contribution >= 4 is 11.6 Å². The third-order valence-electron chi connectivity index (χ3n) is 1.78. The topological polar surface area (TPSA) is 73.9 Å². The molecule has 68 valence electrons. The summed E-state index contributed by atoms with van der Waals surface area (Å²) in [5.41, 5.74) is 1.04. The zero-order valence-corrected chi connectivity index (χ0v) is 7.14. The molecule has 5 heteroatoms. The van der Waals surface area contributed by atoms with Gasteiger partial charge in [-0.3, -0.25) is 4.79 Å². The molecule has 0 radical (unpaired) electrons. The van der Waals surface area contributed by atoms with E-state index in [4.69, 9.17) is 5.26 Å². The van der Waals surface area contributed by atoms with Crippen molar-refractivity contribution in [1.82, 2.24) is 14.6 Å². The van der Waals surface area contributed by atoms with Crippen molar-refractivity contribution < 1.29 is 0 Å². The summed E-state index contributed by atoms with van der Waals surface area (Å²) in [5.74, 6) is 0. The quantitative estimate of drug-likeness (QED) is 0.661. The third-order valence-corrected chi connectivity index (χ3v) is 1.78. The van der Waals surface area contributed by atoms with E-state index in [1.165, 1.54) is 16.9 Å². The molecule has 0 amide bonds. The van der Waals surface area contributed by atoms with Crippen LogP contribution in [0.1, 0.15) is 5.56 Å². The molecule has 2 heterocycles. The van der Waals surface area contributed by atoms with Crippen LogP contribution in [0.5, 0.6) is 0 Å². The van der Waals surface area contributed by atoms with E-state index >= 15 is 0 Å². The Balaban J connectivity index is 2.64. The number of nitrogens with one attached hydrogen (secondary N) is 1. The van der Waals surface area contributed by atoms with E-state index in [0.29, 0.717) is 5.52 Å². The smallest absolute Gasteiger partial charge is 0.275 e. The fourth-order valence-electron chi connectivity index (χ4n) is 1.19. The molecule has 0 aliphatic carbocycles. The summed E-state index contributed by atoms with van der Waals surface area (Å²) in [7, 11) is 0. The maximum Gasteiger partial charge on any atom is 0.275 e. The van der Waals surface area contributed by atoms with Gasteiger partial charge in [-0.2, -0.15) is 10.4 Å². The summed E-state index contributed by atoms with van der Waals surface area (Å²) in [6.07, 6.45) is 5.97. The van der Waals surface area contributed by atoms with Crippen molar-refractivity contribution in [3.63, 3.8) is 0 Å². The molecule has 2 rings (SSSR count). The zero-order chi connectivity index (χ0) is 9.97. The number of nitriles is 1. The van der Waals surface area contributed by atoms with Gasteiger partial charge < -0.3 is 4.98 Å². The summed E-state index contributed by atoms with van der Waals surface area (Å²) in [6.45, 7) is 0. The molecule has 0 bridgehead atoms. The molecule has 0 unspecified atom stereocenters. The molecular formula is C9H6N4O. The normalized spacial score (nSPS) is 10.8. The Kier molecular flexibility index (Phi) is 1.88. The molecule has 0 aromatic carbocycles. The van der Waals surface area contributed by atoms with E-state index in [9.17, 15) is 4.79 Å². The van der Waals surface area contributed by atoms with Gasteiger partial charge in [-0.1, -0.05) is 0 Å². The average molecular weight is 186 g/mol. The van der Waals surface area contributed by atoms with Crippen LogP contribution in [0.15, 0.2) is 29.5 Å². The lowest BCUT2D eigenvalue weighted by Crippen LogP contribution is -2.09. The zero-order valence-electron chi connectivity index (χ0n) is 7.14. The van der Waals surface area contributed by atoms with Gasteiger partial charge in [0, 0.05) is 12.3 Å². The third kappa shape index (κ3) is 1.29. The SMILES string of the molecule is N#CC=Cc1cc2c(=O)[nH]cnn2c1. The molecule has 2 aromatic rings. The molecule has 0 atom stereocenters. The largest absolute Gasteiger partial charge is 0.310 e. The Morgan fingerprint density at radius 1 is 1.64 bits per heavy atom. The van der Waals surface area contributed by atoms with Crippen molar-refractivity contribution in [1.29, 1.82) is 5.26 Å². The molecule has 0 saturated carbocycles. The van der Waals surface area contributed by atoms with Crippen molar-refractivity contribution in [2.45, 2.75) is 0 Å². The predicted molar refractivity (Wildman–Crippen MR) is 50.5 cm³/mol. The summed E-state index contributed by atoms with van der Waals surface area (Å²) in [6, 6.07) is 3.55.